The van der Waals surface area contributed by atoms with E-state index in [-0.39, 0.29) is 0 Å². The summed E-state index contributed by atoms with van der Waals surface area (Å²) in [6, 6.07) is 12.7. The number of nitrogens with one attached hydrogen (secondary N) is 1. The Bertz CT molecular complexity index is 1720. The molecule has 1 aromatic heterocycles. The number of hydrogen-bond donors (Lipinski definition) is 2. The van der Waals surface area contributed by atoms with Crippen LogP contribution in [0.25, 0.3) is 33.8 Å². The van der Waals surface area contributed by atoms with Crippen molar-refractivity contribution >= 4 is 43.9 Å². The fourth-order valence-electron chi connectivity index (χ4n) is 5.69. The molecule has 2 aliphatic rings. The summed E-state index contributed by atoms with van der Waals surface area (Å²) in [5.74, 6) is -1.48. The highest BCUT2D eigenvalue weighted by Gasteiger charge is 2.41. The zero-order valence-corrected chi connectivity index (χ0v) is 18.7. The standard InChI is InChI=1S/C27H22FNO3S/c1-15-18-9-10-20-19-5-3-2-4-16(19)6-8-21(20)22(18)13-24(27(15)33(30,31)32)25-14-29-26-11-7-17(28)12-23(25)26/h2-3,5-15,24,27,29H,4H2,1H3,(H,30,31,32). The van der Waals surface area contributed by atoms with Gasteiger partial charge < -0.3 is 4.98 Å². The molecule has 4 nitrogen and oxygen atoms in total. The Hall–Kier alpha value is -3.22. The zero-order chi connectivity index (χ0) is 22.9. The van der Waals surface area contributed by atoms with Gasteiger partial charge in [0.05, 0.1) is 0 Å². The number of H-pyrrole nitrogens is 1. The average molecular weight is 460 g/mol. The number of aromatic nitrogens is 1. The summed E-state index contributed by atoms with van der Waals surface area (Å²) in [6.45, 7) is 1.84. The van der Waals surface area contributed by atoms with Gasteiger partial charge in [0.2, 0.25) is 0 Å². The summed E-state index contributed by atoms with van der Waals surface area (Å²) >= 11 is 0. The Labute approximate surface area is 190 Å². The van der Waals surface area contributed by atoms with Gasteiger partial charge in [-0.3, -0.25) is 4.55 Å². The minimum absolute atomic E-state index is 0.392. The number of aromatic amines is 1. The van der Waals surface area contributed by atoms with Gasteiger partial charge in [0.15, 0.2) is 0 Å². The fraction of sp³-hybridized carbons (Fsp3) is 0.185. The third kappa shape index (κ3) is 3.09. The third-order valence-electron chi connectivity index (χ3n) is 7.21. The van der Waals surface area contributed by atoms with E-state index >= 15 is 0 Å². The number of hydrogen-bond acceptors (Lipinski definition) is 2. The number of fused-ring (bicyclic) bond motifs is 6. The minimum Gasteiger partial charge on any atom is -0.361 e. The van der Waals surface area contributed by atoms with Gasteiger partial charge in [-0.25, -0.2) is 4.39 Å². The van der Waals surface area contributed by atoms with Crippen molar-refractivity contribution in [3.63, 3.8) is 0 Å². The molecule has 166 valence electrons. The van der Waals surface area contributed by atoms with Crippen LogP contribution in [0, 0.1) is 5.82 Å². The number of allylic oxidation sites excluding steroid dienone is 2. The van der Waals surface area contributed by atoms with Crippen molar-refractivity contribution in [3.05, 3.63) is 93.8 Å². The topological polar surface area (TPSA) is 70.2 Å². The maximum absolute atomic E-state index is 14.1. The van der Waals surface area contributed by atoms with Crippen molar-refractivity contribution in [1.29, 1.82) is 0 Å². The fourth-order valence-corrected chi connectivity index (χ4v) is 6.95. The molecule has 0 saturated heterocycles. The van der Waals surface area contributed by atoms with E-state index in [1.165, 1.54) is 22.9 Å². The molecule has 33 heavy (non-hydrogen) atoms. The van der Waals surface area contributed by atoms with Crippen LogP contribution in [0.2, 0.25) is 0 Å². The lowest BCUT2D eigenvalue weighted by molar-refractivity contribution is 0.447. The second kappa shape index (κ2) is 7.14. The van der Waals surface area contributed by atoms with Crippen LogP contribution in [0.4, 0.5) is 4.39 Å². The molecule has 6 heteroatoms. The highest BCUT2D eigenvalue weighted by atomic mass is 32.2. The molecule has 6 rings (SSSR count). The van der Waals surface area contributed by atoms with E-state index in [1.54, 1.807) is 12.3 Å². The molecule has 0 fully saturated rings. The van der Waals surface area contributed by atoms with Crippen LogP contribution in [0.5, 0.6) is 0 Å². The first kappa shape index (κ1) is 20.4. The highest BCUT2D eigenvalue weighted by Crippen LogP contribution is 2.41. The van der Waals surface area contributed by atoms with Gasteiger partial charge in [-0.15, -0.1) is 0 Å². The summed E-state index contributed by atoms with van der Waals surface area (Å²) < 4.78 is 49.6. The van der Waals surface area contributed by atoms with Crippen LogP contribution < -0.4 is 10.4 Å². The lowest BCUT2D eigenvalue weighted by Crippen LogP contribution is -2.39. The maximum atomic E-state index is 14.1. The lowest BCUT2D eigenvalue weighted by atomic mass is 9.78. The Morgan fingerprint density at radius 3 is 2.61 bits per heavy atom. The molecule has 0 aliphatic heterocycles. The first-order valence-corrected chi connectivity index (χ1v) is 12.5. The van der Waals surface area contributed by atoms with Crippen molar-refractivity contribution in [2.45, 2.75) is 30.4 Å². The van der Waals surface area contributed by atoms with Crippen molar-refractivity contribution in [1.82, 2.24) is 4.98 Å². The molecule has 3 unspecified atom stereocenters. The molecule has 0 amide bonds. The quantitative estimate of drug-likeness (QED) is 0.440. The van der Waals surface area contributed by atoms with E-state index in [4.69, 9.17) is 0 Å². The third-order valence-corrected chi connectivity index (χ3v) is 8.60. The maximum Gasteiger partial charge on any atom is 0.269 e. The van der Waals surface area contributed by atoms with Gasteiger partial charge in [-0.1, -0.05) is 55.5 Å². The average Bonchev–Trinajstić information content (AvgIpc) is 3.20. The Morgan fingerprint density at radius 1 is 1.00 bits per heavy atom. The minimum atomic E-state index is -4.39. The predicted molar refractivity (Wildman–Crippen MR) is 130 cm³/mol. The summed E-state index contributed by atoms with van der Waals surface area (Å²) in [7, 11) is -4.39. The van der Waals surface area contributed by atoms with E-state index in [2.05, 4.69) is 41.4 Å². The Balaban J connectivity index is 1.70. The lowest BCUT2D eigenvalue weighted by Gasteiger charge is -2.32. The normalized spacial score (nSPS) is 22.0. The molecule has 0 spiro atoms. The Kier molecular flexibility index (Phi) is 4.41. The first-order chi connectivity index (χ1) is 15.8. The van der Waals surface area contributed by atoms with Crippen molar-refractivity contribution in [2.24, 2.45) is 0 Å². The largest absolute Gasteiger partial charge is 0.361 e. The summed E-state index contributed by atoms with van der Waals surface area (Å²) in [5.41, 5.74) is 3.53. The van der Waals surface area contributed by atoms with Gasteiger partial charge in [-0.2, -0.15) is 8.42 Å². The molecular weight excluding hydrogens is 437 g/mol. The van der Waals surface area contributed by atoms with Crippen LogP contribution >= 0.6 is 0 Å². The van der Waals surface area contributed by atoms with E-state index in [0.29, 0.717) is 10.9 Å². The van der Waals surface area contributed by atoms with Crippen LogP contribution in [-0.2, 0) is 16.5 Å². The van der Waals surface area contributed by atoms with Crippen LogP contribution in [0.15, 0.2) is 60.8 Å². The smallest absolute Gasteiger partial charge is 0.269 e. The van der Waals surface area contributed by atoms with Gasteiger partial charge in [0.25, 0.3) is 10.1 Å². The van der Waals surface area contributed by atoms with Gasteiger partial charge in [0, 0.05) is 28.9 Å². The predicted octanol–water partition coefficient (Wildman–Crippen LogP) is 4.29. The summed E-state index contributed by atoms with van der Waals surface area (Å²) in [5, 5.41) is 3.87. The van der Waals surface area contributed by atoms with Crippen molar-refractivity contribution in [3.8, 4) is 0 Å². The van der Waals surface area contributed by atoms with E-state index in [1.807, 2.05) is 19.1 Å². The van der Waals surface area contributed by atoms with Crippen molar-refractivity contribution in [2.75, 3.05) is 0 Å². The molecule has 4 aromatic rings. The molecule has 1 heterocycles. The first-order valence-electron chi connectivity index (χ1n) is 11.0. The van der Waals surface area contributed by atoms with Gasteiger partial charge in [0.1, 0.15) is 11.1 Å². The monoisotopic (exact) mass is 459 g/mol. The SMILES string of the molecule is CC1c2ccc3c4c(ccc3c2=CC(c2c[nH]c3ccc(F)cc23)C1S(=O)(=O)O)CC=CC=4. The van der Waals surface area contributed by atoms with Gasteiger partial charge in [-0.05, 0) is 62.5 Å². The zero-order valence-electron chi connectivity index (χ0n) is 17.9. The number of rotatable bonds is 2. The Morgan fingerprint density at radius 2 is 1.79 bits per heavy atom. The van der Waals surface area contributed by atoms with E-state index in [0.717, 1.165) is 33.5 Å². The van der Waals surface area contributed by atoms with Crippen molar-refractivity contribution < 1.29 is 17.4 Å². The molecule has 3 atom stereocenters. The van der Waals surface area contributed by atoms with E-state index < -0.39 is 33.0 Å². The van der Waals surface area contributed by atoms with E-state index in [9.17, 15) is 17.4 Å². The number of halogens is 1. The second-order valence-electron chi connectivity index (χ2n) is 9.00. The molecule has 0 bridgehead atoms. The highest BCUT2D eigenvalue weighted by molar-refractivity contribution is 7.86. The molecule has 2 aliphatic carbocycles. The molecular formula is C27H22FNO3S. The number of benzene rings is 3. The molecule has 0 radical (unpaired) electrons. The molecule has 2 N–H and O–H groups in total. The second-order valence-corrected chi connectivity index (χ2v) is 10.6. The van der Waals surface area contributed by atoms with Gasteiger partial charge >= 0.3 is 0 Å². The van der Waals surface area contributed by atoms with Crippen LogP contribution in [0.1, 0.15) is 35.4 Å². The summed E-state index contributed by atoms with van der Waals surface area (Å²) in [6.07, 6.45) is 10.9. The molecule has 3 aromatic carbocycles. The summed E-state index contributed by atoms with van der Waals surface area (Å²) in [4.78, 5) is 3.13. The van der Waals surface area contributed by atoms with Crippen LogP contribution in [-0.4, -0.2) is 23.2 Å². The molecule has 0 saturated carbocycles. The van der Waals surface area contributed by atoms with Crippen LogP contribution in [0.3, 0.4) is 0 Å².